The van der Waals surface area contributed by atoms with Crippen LogP contribution in [0.5, 0.6) is 5.75 Å². The molecule has 148 valence electrons. The molecule has 0 fully saturated rings. The van der Waals surface area contributed by atoms with E-state index in [0.717, 1.165) is 12.1 Å². The minimum atomic E-state index is -0.886. The first kappa shape index (κ1) is 20.8. The largest absolute Gasteiger partial charge is 0.494 e. The summed E-state index contributed by atoms with van der Waals surface area (Å²) in [7, 11) is 0. The minimum Gasteiger partial charge on any atom is -0.494 e. The minimum absolute atomic E-state index is 0.0236. The van der Waals surface area contributed by atoms with Gasteiger partial charge in [0.05, 0.1) is 11.5 Å². The van der Waals surface area contributed by atoms with Crippen LogP contribution in [0.3, 0.4) is 0 Å². The van der Waals surface area contributed by atoms with E-state index < -0.39 is 28.3 Å². The highest BCUT2D eigenvalue weighted by atomic mass is 19.1. The molecule has 0 heterocycles. The standard InChI is InChI=1S/C19H19FN2O6/c1-12-9-14(20)10-16(18(12)22(26)27)19(25)21-11-13-4-6-15(7-5-13)28-8-2-3-17(23)24/h4-7,9-10H,2-3,8,11H2,1H3,(H,21,25)(H,23,24). The number of carbonyl (C=O) groups excluding carboxylic acids is 1. The van der Waals surface area contributed by atoms with Crippen LogP contribution in [0.15, 0.2) is 36.4 Å². The van der Waals surface area contributed by atoms with E-state index in [0.29, 0.717) is 17.7 Å². The smallest absolute Gasteiger partial charge is 0.303 e. The van der Waals surface area contributed by atoms with Gasteiger partial charge in [0.2, 0.25) is 0 Å². The van der Waals surface area contributed by atoms with Crippen molar-refractivity contribution < 1.29 is 28.7 Å². The van der Waals surface area contributed by atoms with Crippen molar-refractivity contribution in [1.82, 2.24) is 5.32 Å². The summed E-state index contributed by atoms with van der Waals surface area (Å²) in [5.74, 6) is -1.80. The molecule has 0 unspecified atom stereocenters. The highest BCUT2D eigenvalue weighted by Gasteiger charge is 2.24. The quantitative estimate of drug-likeness (QED) is 0.385. The van der Waals surface area contributed by atoms with Crippen LogP contribution in [-0.4, -0.2) is 28.5 Å². The first-order chi connectivity index (χ1) is 13.3. The number of hydrogen-bond acceptors (Lipinski definition) is 5. The lowest BCUT2D eigenvalue weighted by atomic mass is 10.1. The van der Waals surface area contributed by atoms with E-state index in [2.05, 4.69) is 5.32 Å². The first-order valence-corrected chi connectivity index (χ1v) is 8.44. The Labute approximate surface area is 160 Å². The average molecular weight is 390 g/mol. The van der Waals surface area contributed by atoms with Crippen LogP contribution < -0.4 is 10.1 Å². The summed E-state index contributed by atoms with van der Waals surface area (Å²) in [6.45, 7) is 1.73. The van der Waals surface area contributed by atoms with Gasteiger partial charge in [-0.25, -0.2) is 4.39 Å². The fourth-order valence-corrected chi connectivity index (χ4v) is 2.55. The molecule has 2 rings (SSSR count). The summed E-state index contributed by atoms with van der Waals surface area (Å²) in [6, 6.07) is 8.56. The van der Waals surface area contributed by atoms with Gasteiger partial charge >= 0.3 is 5.97 Å². The van der Waals surface area contributed by atoms with Crippen LogP contribution in [0.25, 0.3) is 0 Å². The molecule has 0 saturated carbocycles. The second-order valence-electron chi connectivity index (χ2n) is 6.05. The molecule has 0 atom stereocenters. The first-order valence-electron chi connectivity index (χ1n) is 8.44. The van der Waals surface area contributed by atoms with Gasteiger partial charge in [-0.2, -0.15) is 0 Å². The summed E-state index contributed by atoms with van der Waals surface area (Å²) in [6.07, 6.45) is 0.411. The van der Waals surface area contributed by atoms with E-state index in [1.807, 2.05) is 0 Å². The zero-order valence-electron chi connectivity index (χ0n) is 15.1. The fraction of sp³-hybridized carbons (Fsp3) is 0.263. The Morgan fingerprint density at radius 2 is 1.93 bits per heavy atom. The maximum Gasteiger partial charge on any atom is 0.303 e. The number of nitro groups is 1. The lowest BCUT2D eigenvalue weighted by Crippen LogP contribution is -2.24. The van der Waals surface area contributed by atoms with Crippen LogP contribution in [0.2, 0.25) is 0 Å². The SMILES string of the molecule is Cc1cc(F)cc(C(=O)NCc2ccc(OCCCC(=O)O)cc2)c1[N+](=O)[O-]. The van der Waals surface area contributed by atoms with Crippen molar-refractivity contribution in [1.29, 1.82) is 0 Å². The number of halogens is 1. The van der Waals surface area contributed by atoms with Gasteiger partial charge in [0, 0.05) is 18.5 Å². The lowest BCUT2D eigenvalue weighted by molar-refractivity contribution is -0.385. The van der Waals surface area contributed by atoms with Crippen molar-refractivity contribution in [3.8, 4) is 5.75 Å². The van der Waals surface area contributed by atoms with E-state index in [-0.39, 0.29) is 30.7 Å². The molecule has 0 aliphatic heterocycles. The van der Waals surface area contributed by atoms with Crippen LogP contribution in [0, 0.1) is 22.9 Å². The van der Waals surface area contributed by atoms with Gasteiger partial charge in [0.25, 0.3) is 11.6 Å². The average Bonchev–Trinajstić information content (AvgIpc) is 2.63. The van der Waals surface area contributed by atoms with Crippen LogP contribution in [-0.2, 0) is 11.3 Å². The topological polar surface area (TPSA) is 119 Å². The number of ether oxygens (including phenoxy) is 1. The van der Waals surface area contributed by atoms with E-state index in [1.165, 1.54) is 6.92 Å². The second-order valence-corrected chi connectivity index (χ2v) is 6.05. The van der Waals surface area contributed by atoms with E-state index >= 15 is 0 Å². The number of rotatable bonds is 9. The van der Waals surface area contributed by atoms with Crippen molar-refractivity contribution in [2.45, 2.75) is 26.3 Å². The molecule has 2 aromatic carbocycles. The summed E-state index contributed by atoms with van der Waals surface area (Å²) in [4.78, 5) is 33.2. The number of nitrogens with one attached hydrogen (secondary N) is 1. The molecule has 28 heavy (non-hydrogen) atoms. The molecular weight excluding hydrogens is 371 g/mol. The molecule has 9 heteroatoms. The number of nitrogens with zero attached hydrogens (tertiary/aromatic N) is 1. The molecule has 0 spiro atoms. The predicted octanol–water partition coefficient (Wildman–Crippen LogP) is 3.22. The van der Waals surface area contributed by atoms with Gasteiger partial charge in [-0.1, -0.05) is 12.1 Å². The Balaban J connectivity index is 1.96. The number of amides is 1. The van der Waals surface area contributed by atoms with E-state index in [4.69, 9.17) is 9.84 Å². The lowest BCUT2D eigenvalue weighted by Gasteiger charge is -2.09. The van der Waals surface area contributed by atoms with Crippen molar-refractivity contribution in [3.63, 3.8) is 0 Å². The summed E-state index contributed by atoms with van der Waals surface area (Å²) in [5.41, 5.74) is 0.0199. The molecule has 0 saturated heterocycles. The number of hydrogen-bond donors (Lipinski definition) is 2. The molecule has 2 aromatic rings. The normalized spacial score (nSPS) is 10.4. The molecule has 0 aliphatic rings. The predicted molar refractivity (Wildman–Crippen MR) is 97.8 cm³/mol. The molecule has 8 nitrogen and oxygen atoms in total. The Hall–Kier alpha value is -3.49. The third-order valence-electron chi connectivity index (χ3n) is 3.87. The van der Waals surface area contributed by atoms with E-state index in [1.54, 1.807) is 24.3 Å². The molecule has 2 N–H and O–H groups in total. The van der Waals surface area contributed by atoms with E-state index in [9.17, 15) is 24.1 Å². The van der Waals surface area contributed by atoms with Gasteiger partial charge in [-0.15, -0.1) is 0 Å². The van der Waals surface area contributed by atoms with Gasteiger partial charge in [-0.05, 0) is 43.2 Å². The summed E-state index contributed by atoms with van der Waals surface area (Å²) < 4.78 is 19.0. The van der Waals surface area contributed by atoms with Crippen LogP contribution in [0.4, 0.5) is 10.1 Å². The number of carbonyl (C=O) groups is 2. The van der Waals surface area contributed by atoms with Crippen LogP contribution in [0.1, 0.15) is 34.3 Å². The number of aliphatic carboxylic acids is 1. The Morgan fingerprint density at radius 3 is 2.54 bits per heavy atom. The monoisotopic (exact) mass is 390 g/mol. The number of benzene rings is 2. The second kappa shape index (κ2) is 9.45. The van der Waals surface area contributed by atoms with Gasteiger partial charge in [-0.3, -0.25) is 19.7 Å². The maximum absolute atomic E-state index is 13.6. The summed E-state index contributed by atoms with van der Waals surface area (Å²) >= 11 is 0. The zero-order chi connectivity index (χ0) is 20.7. The Bertz CT molecular complexity index is 883. The number of aryl methyl sites for hydroxylation is 1. The Morgan fingerprint density at radius 1 is 1.25 bits per heavy atom. The molecule has 0 bridgehead atoms. The fourth-order valence-electron chi connectivity index (χ4n) is 2.55. The molecular formula is C19H19FN2O6. The maximum atomic E-state index is 13.6. The van der Waals surface area contributed by atoms with Crippen LogP contribution >= 0.6 is 0 Å². The summed E-state index contributed by atoms with van der Waals surface area (Å²) in [5, 5.41) is 22.3. The van der Waals surface area contributed by atoms with Gasteiger partial charge < -0.3 is 15.2 Å². The van der Waals surface area contributed by atoms with Gasteiger partial charge in [0.15, 0.2) is 0 Å². The number of nitro benzene ring substituents is 1. The van der Waals surface area contributed by atoms with Gasteiger partial charge in [0.1, 0.15) is 17.1 Å². The molecule has 1 amide bonds. The molecule has 0 radical (unpaired) electrons. The number of carboxylic acids is 1. The molecule has 0 aromatic heterocycles. The number of carboxylic acid groups (broad SMARTS) is 1. The van der Waals surface area contributed by atoms with Crippen molar-refractivity contribution >= 4 is 17.6 Å². The highest BCUT2D eigenvalue weighted by molar-refractivity contribution is 5.98. The third kappa shape index (κ3) is 5.76. The highest BCUT2D eigenvalue weighted by Crippen LogP contribution is 2.24. The van der Waals surface area contributed by atoms with Crippen molar-refractivity contribution in [2.75, 3.05) is 6.61 Å². The van der Waals surface area contributed by atoms with Crippen molar-refractivity contribution in [2.24, 2.45) is 0 Å². The Kier molecular flexibility index (Phi) is 7.02. The van der Waals surface area contributed by atoms with Crippen molar-refractivity contribution in [3.05, 3.63) is 69.0 Å². The third-order valence-corrected chi connectivity index (χ3v) is 3.87. The zero-order valence-corrected chi connectivity index (χ0v) is 15.1. The molecule has 0 aliphatic carbocycles.